The molecule has 49 heavy (non-hydrogen) atoms. The Hall–Kier alpha value is -2.18. The molecule has 3 heteroatoms. The molecule has 4 aromatic rings. The first kappa shape index (κ1) is 41.2. The van der Waals surface area contributed by atoms with E-state index in [2.05, 4.69) is 160 Å². The minimum Gasteiger partial charge on any atom is -1.00 e. The van der Waals surface area contributed by atoms with Crippen molar-refractivity contribution in [2.24, 2.45) is 0 Å². The zero-order chi connectivity index (χ0) is 34.5. The molecule has 0 nitrogen and oxygen atoms in total. The average Bonchev–Trinajstić information content (AvgIpc) is 3.72. The van der Waals surface area contributed by atoms with Gasteiger partial charge in [0.15, 0.2) is 0 Å². The molecule has 258 valence electrons. The molecule has 0 aliphatic heterocycles. The fourth-order valence-corrected chi connectivity index (χ4v) is 8.23. The minimum atomic E-state index is 0. The van der Waals surface area contributed by atoms with Crippen LogP contribution in [0.5, 0.6) is 0 Å². The van der Waals surface area contributed by atoms with Crippen molar-refractivity contribution in [3.8, 4) is 11.1 Å². The topological polar surface area (TPSA) is 0 Å². The monoisotopic (exact) mass is 766 g/mol. The molecule has 0 amide bonds. The van der Waals surface area contributed by atoms with Crippen LogP contribution in [-0.2, 0) is 59.7 Å². The van der Waals surface area contributed by atoms with Gasteiger partial charge >= 0.3 is 70.3 Å². The smallest absolute Gasteiger partial charge is 1.00 e. The summed E-state index contributed by atoms with van der Waals surface area (Å²) in [5.41, 5.74) is 22.1. The van der Waals surface area contributed by atoms with Crippen LogP contribution in [0.15, 0.2) is 66.7 Å². The second-order valence-electron chi connectivity index (χ2n) is 16.0. The van der Waals surface area contributed by atoms with Crippen molar-refractivity contribution in [3.63, 3.8) is 0 Å². The Bertz CT molecular complexity index is 1800. The zero-order valence-electron chi connectivity index (χ0n) is 31.8. The molecule has 3 aliphatic carbocycles. The third-order valence-electron chi connectivity index (χ3n) is 10.3. The first-order valence-corrected chi connectivity index (χ1v) is 18.9. The molecule has 3 aliphatic rings. The number of aryl methyl sites for hydroxylation is 3. The first-order valence-electron chi connectivity index (χ1n) is 17.5. The van der Waals surface area contributed by atoms with Crippen LogP contribution >= 0.6 is 0 Å². The van der Waals surface area contributed by atoms with E-state index < -0.39 is 0 Å². The van der Waals surface area contributed by atoms with Gasteiger partial charge in [-0.15, -0.1) is 11.6 Å². The van der Waals surface area contributed by atoms with Crippen LogP contribution in [0.2, 0.25) is 0 Å². The SMILES string of the molecule is CC1=[C-]C(C)(C)c2cc3c(cc21)-c1cc2c(cc1C3)C(C)(C)C=C2C.CCc1cc(C(C)(C)C)c(CC)[cH-]1.Cc1ccc([CH]=[Zr+2])cc1.[Cl-].[Cl-]. The molecule has 0 N–H and O–H groups in total. The van der Waals surface area contributed by atoms with Crippen LogP contribution in [0.4, 0.5) is 0 Å². The Kier molecular flexibility index (Phi) is 13.1. The molecule has 0 radical (unpaired) electrons. The number of rotatable bonds is 3. The van der Waals surface area contributed by atoms with Crippen LogP contribution in [0, 0.1) is 13.0 Å². The normalized spacial score (nSPS) is 15.4. The predicted molar refractivity (Wildman–Crippen MR) is 203 cm³/mol. The van der Waals surface area contributed by atoms with Crippen LogP contribution in [0.1, 0.15) is 137 Å². The molecule has 0 saturated heterocycles. The quantitative estimate of drug-likeness (QED) is 0.199. The van der Waals surface area contributed by atoms with Crippen LogP contribution in [-0.4, -0.2) is 3.71 Å². The van der Waals surface area contributed by atoms with Gasteiger partial charge in [0, 0.05) is 5.41 Å². The van der Waals surface area contributed by atoms with E-state index in [0.717, 1.165) is 19.3 Å². The minimum absolute atomic E-state index is 0. The summed E-state index contributed by atoms with van der Waals surface area (Å²) in [6.45, 7) is 27.1. The van der Waals surface area contributed by atoms with Crippen molar-refractivity contribution in [2.45, 2.75) is 119 Å². The fraction of sp³-hybridized carbons (Fsp3) is 0.391. The van der Waals surface area contributed by atoms with E-state index in [1.807, 2.05) is 0 Å². The van der Waals surface area contributed by atoms with Crippen molar-refractivity contribution in [1.82, 2.24) is 0 Å². The van der Waals surface area contributed by atoms with Crippen molar-refractivity contribution in [2.75, 3.05) is 0 Å². The third-order valence-corrected chi connectivity index (χ3v) is 11.1. The molecule has 0 atom stereocenters. The molecule has 0 spiro atoms. The summed E-state index contributed by atoms with van der Waals surface area (Å²) in [4.78, 5) is 0. The molecule has 0 aromatic heterocycles. The molecule has 0 fully saturated rings. The van der Waals surface area contributed by atoms with Crippen LogP contribution < -0.4 is 24.8 Å². The van der Waals surface area contributed by atoms with Gasteiger partial charge in [-0.1, -0.05) is 111 Å². The number of hydrogen-bond acceptors (Lipinski definition) is 0. The Morgan fingerprint density at radius 1 is 0.776 bits per heavy atom. The van der Waals surface area contributed by atoms with Crippen molar-refractivity contribution in [1.29, 1.82) is 0 Å². The average molecular weight is 769 g/mol. The summed E-state index contributed by atoms with van der Waals surface area (Å²) in [7, 11) is 0. The molecule has 0 bridgehead atoms. The van der Waals surface area contributed by atoms with Gasteiger partial charge in [0.2, 0.25) is 0 Å². The van der Waals surface area contributed by atoms with E-state index in [0.29, 0.717) is 5.41 Å². The number of halogens is 2. The maximum atomic E-state index is 3.65. The fourth-order valence-electron chi connectivity index (χ4n) is 7.75. The summed E-state index contributed by atoms with van der Waals surface area (Å²) >= 11 is 1.47. The van der Waals surface area contributed by atoms with E-state index >= 15 is 0 Å². The summed E-state index contributed by atoms with van der Waals surface area (Å²) in [5.74, 6) is 0. The maximum absolute atomic E-state index is 3.65. The largest absolute Gasteiger partial charge is 1.00 e. The summed E-state index contributed by atoms with van der Waals surface area (Å²) in [5, 5.41) is 0. The van der Waals surface area contributed by atoms with Gasteiger partial charge < -0.3 is 24.8 Å². The van der Waals surface area contributed by atoms with Crippen molar-refractivity contribution < 1.29 is 49.0 Å². The van der Waals surface area contributed by atoms with E-state index in [1.165, 1.54) is 108 Å². The Morgan fingerprint density at radius 2 is 1.35 bits per heavy atom. The third kappa shape index (κ3) is 8.49. The van der Waals surface area contributed by atoms with E-state index in [-0.39, 0.29) is 35.6 Å². The van der Waals surface area contributed by atoms with Gasteiger partial charge in [-0.25, -0.2) is 11.6 Å². The van der Waals surface area contributed by atoms with Crippen molar-refractivity contribution in [3.05, 3.63) is 134 Å². The predicted octanol–water partition coefficient (Wildman–Crippen LogP) is 5.98. The van der Waals surface area contributed by atoms with Crippen LogP contribution in [0.25, 0.3) is 22.3 Å². The molecule has 0 unspecified atom stereocenters. The number of fused-ring (bicyclic) bond motifs is 5. The van der Waals surface area contributed by atoms with Gasteiger partial charge in [0.25, 0.3) is 0 Å². The van der Waals surface area contributed by atoms with Gasteiger partial charge in [-0.05, 0) is 58.4 Å². The molecular weight excluding hydrogens is 715 g/mol. The van der Waals surface area contributed by atoms with Gasteiger partial charge in [0.05, 0.1) is 0 Å². The maximum Gasteiger partial charge on any atom is -1.00 e. The first-order chi connectivity index (χ1) is 22.0. The molecule has 0 saturated carbocycles. The molecular formula is C46H54Cl2Zr-2. The Morgan fingerprint density at radius 3 is 1.86 bits per heavy atom. The summed E-state index contributed by atoms with van der Waals surface area (Å²) in [6.07, 6.45) is 9.45. The molecule has 7 rings (SSSR count). The van der Waals surface area contributed by atoms with E-state index in [4.69, 9.17) is 0 Å². The second kappa shape index (κ2) is 15.6. The zero-order valence-corrected chi connectivity index (χ0v) is 35.8. The number of benzene rings is 3. The van der Waals surface area contributed by atoms with Gasteiger partial charge in [-0.3, -0.25) is 6.08 Å². The Balaban J connectivity index is 0.000000229. The van der Waals surface area contributed by atoms with Crippen LogP contribution in [0.3, 0.4) is 0 Å². The van der Waals surface area contributed by atoms with E-state index in [9.17, 15) is 0 Å². The molecule has 0 heterocycles. The van der Waals surface area contributed by atoms with E-state index in [1.54, 1.807) is 0 Å². The summed E-state index contributed by atoms with van der Waals surface area (Å²) in [6, 6.07) is 23.1. The Labute approximate surface area is 325 Å². The van der Waals surface area contributed by atoms with Crippen molar-refractivity contribution >= 4 is 14.9 Å². The molecule has 4 aromatic carbocycles. The van der Waals surface area contributed by atoms with Gasteiger partial charge in [0.1, 0.15) is 0 Å². The second-order valence-corrected chi connectivity index (χ2v) is 16.7. The standard InChI is InChI=1S/C25H25.C13H21.C8H8.2ClH.Zr/c1-14-12-24(3,4)22-8-16-7-17-9-23-19(15(2)13-25(23,5)6)11-21(17)20(16)10-18(14)22;1-6-10-8-11(7-2)12(9-10)13(3,4)5;1-7-3-5-8(2)6-4-7;;;/h8-12H,7H2,1-6H3;8-9H,6-7H2,1-5H3;1,3-6H,2H3;2*1H;/q2*-1;;;;+2/p-2. The summed E-state index contributed by atoms with van der Waals surface area (Å²) < 4.78 is 2.19. The number of hydrogen-bond donors (Lipinski definition) is 0. The number of allylic oxidation sites excluding steroid dienone is 4. The van der Waals surface area contributed by atoms with Gasteiger partial charge in [-0.2, -0.15) is 28.3 Å².